The van der Waals surface area contributed by atoms with Crippen LogP contribution >= 0.6 is 11.3 Å². The van der Waals surface area contributed by atoms with Crippen molar-refractivity contribution < 1.29 is 14.3 Å². The van der Waals surface area contributed by atoms with Gasteiger partial charge in [-0.1, -0.05) is 51.9 Å². The van der Waals surface area contributed by atoms with Gasteiger partial charge in [0, 0.05) is 6.21 Å². The number of unbranched alkanes of at least 4 members (excludes halogenated alkanes) is 7. The van der Waals surface area contributed by atoms with Crippen LogP contribution in [0.3, 0.4) is 0 Å². The Bertz CT molecular complexity index is 1110. The normalized spacial score (nSPS) is 10.9. The van der Waals surface area contributed by atoms with Gasteiger partial charge in [-0.05, 0) is 72.0 Å². The minimum atomic E-state index is -0.418. The molecule has 0 saturated carbocycles. The lowest BCUT2D eigenvalue weighted by molar-refractivity contribution is 0.0734. The second kappa shape index (κ2) is 14.7. The molecule has 6 heteroatoms. The number of benzene rings is 2. The van der Waals surface area contributed by atoms with E-state index in [0.29, 0.717) is 28.5 Å². The molecule has 0 unspecified atom stereocenters. The molecule has 0 aliphatic rings. The van der Waals surface area contributed by atoms with Crippen LogP contribution in [0, 0.1) is 11.3 Å². The molecular weight excluding hydrogens is 456 g/mol. The maximum Gasteiger partial charge on any atom is 0.343 e. The molecular formula is C29H32N2O3S. The summed E-state index contributed by atoms with van der Waals surface area (Å²) in [5.74, 6) is 0.799. The van der Waals surface area contributed by atoms with Gasteiger partial charge in [0.05, 0.1) is 17.7 Å². The molecule has 0 aliphatic heterocycles. The van der Waals surface area contributed by atoms with Gasteiger partial charge in [-0.25, -0.2) is 9.79 Å². The summed E-state index contributed by atoms with van der Waals surface area (Å²) < 4.78 is 11.3. The number of esters is 1. The van der Waals surface area contributed by atoms with Crippen LogP contribution in [-0.2, 0) is 0 Å². The van der Waals surface area contributed by atoms with Gasteiger partial charge in [-0.15, -0.1) is 11.3 Å². The van der Waals surface area contributed by atoms with Crippen molar-refractivity contribution >= 4 is 28.5 Å². The Morgan fingerprint density at radius 1 is 0.914 bits per heavy atom. The topological polar surface area (TPSA) is 71.7 Å². The molecule has 1 heterocycles. The van der Waals surface area contributed by atoms with Crippen molar-refractivity contribution in [3.63, 3.8) is 0 Å². The highest BCUT2D eigenvalue weighted by Gasteiger charge is 2.09. The number of hydrogen-bond donors (Lipinski definition) is 0. The molecule has 2 aromatic carbocycles. The summed E-state index contributed by atoms with van der Waals surface area (Å²) in [6.45, 7) is 2.93. The summed E-state index contributed by atoms with van der Waals surface area (Å²) in [6.07, 6.45) is 11.8. The highest BCUT2D eigenvalue weighted by atomic mass is 32.1. The number of nitrogens with zero attached hydrogens (tertiary/aromatic N) is 2. The number of nitriles is 1. The Balaban J connectivity index is 1.39. The minimum Gasteiger partial charge on any atom is -0.494 e. The second-order valence-electron chi connectivity index (χ2n) is 8.32. The van der Waals surface area contributed by atoms with E-state index in [2.05, 4.69) is 18.0 Å². The van der Waals surface area contributed by atoms with Crippen LogP contribution in [0.2, 0.25) is 0 Å². The zero-order chi connectivity index (χ0) is 24.7. The number of rotatable bonds is 14. The lowest BCUT2D eigenvalue weighted by Gasteiger charge is -2.08. The van der Waals surface area contributed by atoms with Crippen LogP contribution in [0.25, 0.3) is 0 Å². The molecule has 0 radical (unpaired) electrons. The Kier molecular flexibility index (Phi) is 11.0. The first-order valence-corrected chi connectivity index (χ1v) is 13.1. The highest BCUT2D eigenvalue weighted by Crippen LogP contribution is 2.25. The van der Waals surface area contributed by atoms with Gasteiger partial charge in [0.2, 0.25) is 0 Å². The van der Waals surface area contributed by atoms with E-state index in [-0.39, 0.29) is 0 Å². The summed E-state index contributed by atoms with van der Waals surface area (Å²) in [7, 11) is 0. The fourth-order valence-corrected chi connectivity index (χ4v) is 4.21. The van der Waals surface area contributed by atoms with Crippen molar-refractivity contribution in [2.45, 2.75) is 58.3 Å². The molecule has 0 fully saturated rings. The average Bonchev–Trinajstić information content (AvgIpc) is 3.35. The number of hydrogen-bond acceptors (Lipinski definition) is 6. The van der Waals surface area contributed by atoms with Crippen LogP contribution in [0.15, 0.2) is 65.0 Å². The number of ether oxygens (including phenoxy) is 2. The van der Waals surface area contributed by atoms with E-state index in [4.69, 9.17) is 14.7 Å². The molecule has 3 aromatic rings. The lowest BCUT2D eigenvalue weighted by atomic mass is 10.1. The smallest absolute Gasteiger partial charge is 0.343 e. The third kappa shape index (κ3) is 9.03. The predicted octanol–water partition coefficient (Wildman–Crippen LogP) is 8.11. The maximum absolute atomic E-state index is 12.5. The second-order valence-corrected chi connectivity index (χ2v) is 9.21. The number of carbonyl (C=O) groups excluding carboxylic acids is 1. The Morgan fingerprint density at radius 2 is 1.57 bits per heavy atom. The molecule has 3 rings (SSSR count). The van der Waals surface area contributed by atoms with Crippen LogP contribution in [0.4, 0.5) is 5.00 Å². The molecule has 35 heavy (non-hydrogen) atoms. The van der Waals surface area contributed by atoms with Crippen LogP contribution in [0.5, 0.6) is 11.5 Å². The third-order valence-electron chi connectivity index (χ3n) is 5.54. The zero-order valence-electron chi connectivity index (χ0n) is 20.2. The molecule has 0 N–H and O–H groups in total. The maximum atomic E-state index is 12.5. The van der Waals surface area contributed by atoms with Gasteiger partial charge in [0.1, 0.15) is 22.6 Å². The van der Waals surface area contributed by atoms with Gasteiger partial charge in [-0.3, -0.25) is 0 Å². The fourth-order valence-electron chi connectivity index (χ4n) is 3.52. The van der Waals surface area contributed by atoms with Gasteiger partial charge in [0.15, 0.2) is 0 Å². The van der Waals surface area contributed by atoms with E-state index >= 15 is 0 Å². The van der Waals surface area contributed by atoms with Gasteiger partial charge >= 0.3 is 5.97 Å². The van der Waals surface area contributed by atoms with Gasteiger partial charge < -0.3 is 9.47 Å². The van der Waals surface area contributed by atoms with Crippen LogP contribution < -0.4 is 9.47 Å². The minimum absolute atomic E-state index is 0.418. The Hall–Kier alpha value is -3.43. The molecule has 0 amide bonds. The number of aliphatic imine (C=N–C) groups is 1. The third-order valence-corrected chi connectivity index (χ3v) is 6.36. The first-order valence-electron chi connectivity index (χ1n) is 12.3. The van der Waals surface area contributed by atoms with E-state index in [1.54, 1.807) is 48.7 Å². The van der Waals surface area contributed by atoms with Crippen molar-refractivity contribution in [2.75, 3.05) is 6.61 Å². The SMILES string of the molecule is CCCCCCCCCCOc1ccc(C(=O)Oc2ccc(/C=N/c3sccc3C#N)cc2)cc1. The monoisotopic (exact) mass is 488 g/mol. The quantitative estimate of drug-likeness (QED) is 0.0994. The number of thiophene rings is 1. The first-order chi connectivity index (χ1) is 17.2. The summed E-state index contributed by atoms with van der Waals surface area (Å²) in [5, 5.41) is 11.6. The van der Waals surface area contributed by atoms with Gasteiger partial charge in [0.25, 0.3) is 0 Å². The largest absolute Gasteiger partial charge is 0.494 e. The van der Waals surface area contributed by atoms with Crippen molar-refractivity contribution in [2.24, 2.45) is 4.99 Å². The Morgan fingerprint density at radius 3 is 2.26 bits per heavy atom. The average molecular weight is 489 g/mol. The molecule has 0 atom stereocenters. The van der Waals surface area contributed by atoms with Crippen molar-refractivity contribution in [1.82, 2.24) is 0 Å². The van der Waals surface area contributed by atoms with Gasteiger partial charge in [-0.2, -0.15) is 5.26 Å². The van der Waals surface area contributed by atoms with Crippen LogP contribution in [-0.4, -0.2) is 18.8 Å². The van der Waals surface area contributed by atoms with E-state index in [1.165, 1.54) is 56.3 Å². The predicted molar refractivity (Wildman–Crippen MR) is 142 cm³/mol. The molecule has 0 aliphatic carbocycles. The molecule has 0 bridgehead atoms. The highest BCUT2D eigenvalue weighted by molar-refractivity contribution is 7.14. The summed E-state index contributed by atoms with van der Waals surface area (Å²) in [4.78, 5) is 16.8. The number of carbonyl (C=O) groups is 1. The van der Waals surface area contributed by atoms with E-state index in [9.17, 15) is 4.79 Å². The molecule has 182 valence electrons. The molecule has 0 saturated heterocycles. The summed E-state index contributed by atoms with van der Waals surface area (Å²) >= 11 is 1.41. The summed E-state index contributed by atoms with van der Waals surface area (Å²) in [5.41, 5.74) is 1.87. The standard InChI is InChI=1S/C29H32N2O3S/c1-2-3-4-5-6-7-8-9-19-33-26-16-12-24(13-17-26)29(32)34-27-14-10-23(11-15-27)22-31-28-25(21-30)18-20-35-28/h10-18,20,22H,2-9,19H2,1H3/b31-22+. The Labute approximate surface area is 212 Å². The zero-order valence-corrected chi connectivity index (χ0v) is 21.1. The van der Waals surface area contributed by atoms with Crippen molar-refractivity contribution in [3.05, 3.63) is 76.7 Å². The van der Waals surface area contributed by atoms with E-state index in [1.807, 2.05) is 17.5 Å². The van der Waals surface area contributed by atoms with Crippen LogP contribution in [0.1, 0.15) is 79.8 Å². The van der Waals surface area contributed by atoms with E-state index < -0.39 is 5.97 Å². The lowest BCUT2D eigenvalue weighted by Crippen LogP contribution is -2.08. The first kappa shape index (κ1) is 26.2. The molecule has 5 nitrogen and oxygen atoms in total. The molecule has 0 spiro atoms. The van der Waals surface area contributed by atoms with E-state index in [0.717, 1.165) is 17.7 Å². The van der Waals surface area contributed by atoms with Crippen molar-refractivity contribution in [3.8, 4) is 17.6 Å². The fraction of sp³-hybridized carbons (Fsp3) is 0.345. The molecule has 1 aromatic heterocycles. The summed E-state index contributed by atoms with van der Waals surface area (Å²) in [6, 6.07) is 18.0. The van der Waals surface area contributed by atoms with Crippen molar-refractivity contribution in [1.29, 1.82) is 5.26 Å².